The van der Waals surface area contributed by atoms with Gasteiger partial charge in [-0.2, -0.15) is 5.10 Å². The highest BCUT2D eigenvalue weighted by Gasteiger charge is 2.18. The molecule has 2 aromatic rings. The Hall–Kier alpha value is -2.63. The number of hydrogen-bond donors (Lipinski definition) is 1. The Balaban J connectivity index is 1.56. The fraction of sp³-hybridized carbons (Fsp3) is 0.389. The molecule has 0 fully saturated rings. The number of aryl methyl sites for hydroxylation is 1. The van der Waals surface area contributed by atoms with E-state index in [1.165, 1.54) is 16.3 Å². The molecule has 1 atom stereocenters. The van der Waals surface area contributed by atoms with Crippen molar-refractivity contribution in [3.8, 4) is 5.75 Å². The maximum absolute atomic E-state index is 12.1. The van der Waals surface area contributed by atoms with Gasteiger partial charge in [-0.1, -0.05) is 18.2 Å². The van der Waals surface area contributed by atoms with Gasteiger partial charge in [-0.25, -0.2) is 4.68 Å². The van der Waals surface area contributed by atoms with Crippen molar-refractivity contribution in [3.63, 3.8) is 0 Å². The molecule has 0 radical (unpaired) electrons. The van der Waals surface area contributed by atoms with Crippen LogP contribution in [0, 0.1) is 12.8 Å². The van der Waals surface area contributed by atoms with E-state index in [2.05, 4.69) is 16.5 Å². The Morgan fingerprint density at radius 2 is 2.17 bits per heavy atom. The monoisotopic (exact) mass is 327 g/mol. The molecule has 1 amide bonds. The molecule has 0 saturated carbocycles. The van der Waals surface area contributed by atoms with Gasteiger partial charge in [0.05, 0.1) is 12.3 Å². The zero-order chi connectivity index (χ0) is 16.9. The van der Waals surface area contributed by atoms with Gasteiger partial charge in [-0.3, -0.25) is 9.59 Å². The van der Waals surface area contributed by atoms with Crippen LogP contribution in [0.3, 0.4) is 0 Å². The first-order valence-electron chi connectivity index (χ1n) is 8.14. The van der Waals surface area contributed by atoms with Gasteiger partial charge in [0.2, 0.25) is 5.91 Å². The normalized spacial score (nSPS) is 16.6. The van der Waals surface area contributed by atoms with Crippen LogP contribution in [0.1, 0.15) is 17.7 Å². The third-order valence-electron chi connectivity index (χ3n) is 4.15. The fourth-order valence-electron chi connectivity index (χ4n) is 2.85. The van der Waals surface area contributed by atoms with E-state index in [4.69, 9.17) is 4.74 Å². The quantitative estimate of drug-likeness (QED) is 0.919. The van der Waals surface area contributed by atoms with Crippen molar-refractivity contribution in [2.75, 3.05) is 13.2 Å². The molecule has 6 heteroatoms. The zero-order valence-electron chi connectivity index (χ0n) is 13.7. The van der Waals surface area contributed by atoms with Crippen LogP contribution in [-0.4, -0.2) is 28.8 Å². The van der Waals surface area contributed by atoms with E-state index in [0.717, 1.165) is 18.6 Å². The SMILES string of the molecule is Cc1ccc(=O)n(CC(=O)NC[C@@H]2CCOc3ccccc3C2)n1. The number of carbonyl (C=O) groups excluding carboxylic acids is 1. The minimum atomic E-state index is -0.271. The topological polar surface area (TPSA) is 73.2 Å². The summed E-state index contributed by atoms with van der Waals surface area (Å²) in [5, 5.41) is 6.99. The van der Waals surface area contributed by atoms with Crippen molar-refractivity contribution < 1.29 is 9.53 Å². The number of amides is 1. The molecule has 3 rings (SSSR count). The minimum Gasteiger partial charge on any atom is -0.493 e. The predicted octanol–water partition coefficient (Wildman–Crippen LogP) is 1.31. The predicted molar refractivity (Wildman–Crippen MR) is 90.0 cm³/mol. The van der Waals surface area contributed by atoms with Gasteiger partial charge >= 0.3 is 0 Å². The summed E-state index contributed by atoms with van der Waals surface area (Å²) in [5.41, 5.74) is 1.61. The number of aromatic nitrogens is 2. The summed E-state index contributed by atoms with van der Waals surface area (Å²) in [5.74, 6) is 1.05. The Morgan fingerprint density at radius 3 is 3.04 bits per heavy atom. The lowest BCUT2D eigenvalue weighted by molar-refractivity contribution is -0.122. The van der Waals surface area contributed by atoms with E-state index >= 15 is 0 Å². The number of ether oxygens (including phenoxy) is 1. The van der Waals surface area contributed by atoms with E-state index in [-0.39, 0.29) is 18.0 Å². The molecule has 0 saturated heterocycles. The highest BCUT2D eigenvalue weighted by Crippen LogP contribution is 2.26. The Kier molecular flexibility index (Phi) is 4.93. The van der Waals surface area contributed by atoms with Gasteiger partial charge in [0.25, 0.3) is 5.56 Å². The molecular weight excluding hydrogens is 306 g/mol. The van der Waals surface area contributed by atoms with Crippen molar-refractivity contribution in [1.29, 1.82) is 0 Å². The summed E-state index contributed by atoms with van der Waals surface area (Å²) in [4.78, 5) is 23.8. The molecule has 1 aliphatic heterocycles. The van der Waals surface area contributed by atoms with Crippen LogP contribution < -0.4 is 15.6 Å². The maximum Gasteiger partial charge on any atom is 0.267 e. The fourth-order valence-corrected chi connectivity index (χ4v) is 2.85. The molecule has 0 spiro atoms. The molecule has 2 heterocycles. The molecule has 24 heavy (non-hydrogen) atoms. The summed E-state index contributed by atoms with van der Waals surface area (Å²) in [6.07, 6.45) is 1.76. The summed E-state index contributed by atoms with van der Waals surface area (Å²) in [7, 11) is 0. The van der Waals surface area contributed by atoms with Crippen LogP contribution in [0.5, 0.6) is 5.75 Å². The maximum atomic E-state index is 12.1. The van der Waals surface area contributed by atoms with Crippen molar-refractivity contribution >= 4 is 5.91 Å². The second kappa shape index (κ2) is 7.29. The average molecular weight is 327 g/mol. The number of nitrogens with zero attached hydrogens (tertiary/aromatic N) is 2. The molecular formula is C18H21N3O3. The zero-order valence-corrected chi connectivity index (χ0v) is 13.7. The molecule has 6 nitrogen and oxygen atoms in total. The number of nitrogens with one attached hydrogen (secondary N) is 1. The van der Waals surface area contributed by atoms with E-state index < -0.39 is 0 Å². The molecule has 0 aliphatic carbocycles. The Morgan fingerprint density at radius 1 is 1.33 bits per heavy atom. The first-order valence-corrected chi connectivity index (χ1v) is 8.14. The van der Waals surface area contributed by atoms with E-state index in [1.807, 2.05) is 18.2 Å². The third kappa shape index (κ3) is 4.01. The standard InChI is InChI=1S/C18H21N3O3/c1-13-6-7-18(23)21(20-13)12-17(22)19-11-14-8-9-24-16-5-3-2-4-15(16)10-14/h2-7,14H,8-12H2,1H3,(H,19,22)/t14-/m1/s1. The highest BCUT2D eigenvalue weighted by molar-refractivity contribution is 5.75. The van der Waals surface area contributed by atoms with Crippen LogP contribution in [-0.2, 0) is 17.8 Å². The Bertz CT molecular complexity index is 785. The lowest BCUT2D eigenvalue weighted by Gasteiger charge is -2.15. The molecule has 1 aliphatic rings. The number of para-hydroxylation sites is 1. The van der Waals surface area contributed by atoms with Gasteiger partial charge in [0, 0.05) is 12.6 Å². The van der Waals surface area contributed by atoms with Crippen molar-refractivity contribution in [3.05, 3.63) is 58.0 Å². The van der Waals surface area contributed by atoms with Crippen LogP contribution >= 0.6 is 0 Å². The average Bonchev–Trinajstić information content (AvgIpc) is 2.78. The van der Waals surface area contributed by atoms with E-state index in [0.29, 0.717) is 24.8 Å². The molecule has 0 unspecified atom stereocenters. The molecule has 1 aromatic carbocycles. The van der Waals surface area contributed by atoms with Crippen molar-refractivity contribution in [1.82, 2.24) is 15.1 Å². The van der Waals surface area contributed by atoms with Crippen LogP contribution in [0.15, 0.2) is 41.2 Å². The largest absolute Gasteiger partial charge is 0.493 e. The smallest absolute Gasteiger partial charge is 0.267 e. The van der Waals surface area contributed by atoms with Gasteiger partial charge in [-0.15, -0.1) is 0 Å². The van der Waals surface area contributed by atoms with Gasteiger partial charge in [-0.05, 0) is 43.4 Å². The molecule has 1 aromatic heterocycles. The van der Waals surface area contributed by atoms with Crippen molar-refractivity contribution in [2.24, 2.45) is 5.92 Å². The first-order chi connectivity index (χ1) is 11.6. The number of fused-ring (bicyclic) bond motifs is 1. The summed E-state index contributed by atoms with van der Waals surface area (Å²) in [6.45, 7) is 2.95. The molecule has 0 bridgehead atoms. The third-order valence-corrected chi connectivity index (χ3v) is 4.15. The van der Waals surface area contributed by atoms with Crippen molar-refractivity contribution in [2.45, 2.75) is 26.3 Å². The minimum absolute atomic E-state index is 0.0552. The lowest BCUT2D eigenvalue weighted by Crippen LogP contribution is -2.36. The van der Waals surface area contributed by atoms with Crippen LogP contribution in [0.2, 0.25) is 0 Å². The number of benzene rings is 1. The number of hydrogen-bond acceptors (Lipinski definition) is 4. The lowest BCUT2D eigenvalue weighted by atomic mass is 9.97. The number of carbonyl (C=O) groups is 1. The Labute approximate surface area is 140 Å². The van der Waals surface area contributed by atoms with E-state index in [1.54, 1.807) is 13.0 Å². The second-order valence-corrected chi connectivity index (χ2v) is 6.09. The van der Waals surface area contributed by atoms with Crippen LogP contribution in [0.25, 0.3) is 0 Å². The number of rotatable bonds is 4. The molecule has 126 valence electrons. The van der Waals surface area contributed by atoms with Gasteiger partial charge < -0.3 is 10.1 Å². The highest BCUT2D eigenvalue weighted by atomic mass is 16.5. The van der Waals surface area contributed by atoms with E-state index in [9.17, 15) is 9.59 Å². The van der Waals surface area contributed by atoms with Gasteiger partial charge in [0.1, 0.15) is 12.3 Å². The summed E-state index contributed by atoms with van der Waals surface area (Å²) >= 11 is 0. The second-order valence-electron chi connectivity index (χ2n) is 6.09. The summed E-state index contributed by atoms with van der Waals surface area (Å²) < 4.78 is 6.93. The summed E-state index contributed by atoms with van der Waals surface area (Å²) in [6, 6.07) is 11.1. The first kappa shape index (κ1) is 16.2. The molecule has 1 N–H and O–H groups in total. The van der Waals surface area contributed by atoms with Crippen LogP contribution in [0.4, 0.5) is 0 Å². The van der Waals surface area contributed by atoms with Gasteiger partial charge in [0.15, 0.2) is 0 Å².